The smallest absolute Gasteiger partial charge is 0.308 e. The number of nitrogens with one attached hydrogen (secondary N) is 1. The third kappa shape index (κ3) is 5.26. The van der Waals surface area contributed by atoms with Gasteiger partial charge < -0.3 is 14.8 Å². The van der Waals surface area contributed by atoms with Gasteiger partial charge in [0.2, 0.25) is 0 Å². The Kier molecular flexibility index (Phi) is 7.46. The van der Waals surface area contributed by atoms with E-state index >= 15 is 0 Å². The van der Waals surface area contributed by atoms with Crippen molar-refractivity contribution in [2.45, 2.75) is 6.92 Å². The summed E-state index contributed by atoms with van der Waals surface area (Å²) in [5.74, 6) is -0.710. The Morgan fingerprint density at radius 3 is 2.57 bits per heavy atom. The number of esters is 1. The molecule has 9 heteroatoms. The molecule has 1 N–H and O–H groups in total. The van der Waals surface area contributed by atoms with Crippen LogP contribution in [0.5, 0.6) is 11.5 Å². The molecule has 0 bridgehead atoms. The molecule has 0 aliphatic carbocycles. The van der Waals surface area contributed by atoms with E-state index in [0.717, 1.165) is 0 Å². The first-order valence-corrected chi connectivity index (χ1v) is 9.24. The van der Waals surface area contributed by atoms with Crippen LogP contribution in [0, 0.1) is 11.3 Å². The van der Waals surface area contributed by atoms with E-state index in [0.29, 0.717) is 10.0 Å². The molecule has 0 saturated heterocycles. The van der Waals surface area contributed by atoms with E-state index in [1.165, 1.54) is 32.2 Å². The van der Waals surface area contributed by atoms with Crippen LogP contribution in [-0.2, 0) is 9.59 Å². The number of amides is 1. The van der Waals surface area contributed by atoms with Gasteiger partial charge in [0.05, 0.1) is 22.8 Å². The van der Waals surface area contributed by atoms with Gasteiger partial charge in [0.1, 0.15) is 11.6 Å². The molecular weight excluding hydrogens is 471 g/mol. The largest absolute Gasteiger partial charge is 0.493 e. The zero-order valence-electron chi connectivity index (χ0n) is 14.7. The summed E-state index contributed by atoms with van der Waals surface area (Å²) in [6, 6.07) is 9.64. The van der Waals surface area contributed by atoms with Crippen LogP contribution in [0.2, 0.25) is 10.0 Å². The molecule has 0 unspecified atom stereocenters. The van der Waals surface area contributed by atoms with Crippen molar-refractivity contribution in [3.8, 4) is 17.6 Å². The van der Waals surface area contributed by atoms with Gasteiger partial charge in [0.25, 0.3) is 5.91 Å². The molecule has 0 spiro atoms. The van der Waals surface area contributed by atoms with Gasteiger partial charge in [-0.15, -0.1) is 0 Å². The number of halogens is 3. The maximum atomic E-state index is 12.5. The minimum atomic E-state index is -0.665. The molecule has 2 aromatic carbocycles. The third-order valence-corrected chi connectivity index (χ3v) is 4.91. The van der Waals surface area contributed by atoms with E-state index in [-0.39, 0.29) is 32.8 Å². The van der Waals surface area contributed by atoms with Gasteiger partial charge in [-0.1, -0.05) is 45.2 Å². The highest BCUT2D eigenvalue weighted by atomic mass is 79.9. The summed E-state index contributed by atoms with van der Waals surface area (Å²) < 4.78 is 10.8. The summed E-state index contributed by atoms with van der Waals surface area (Å²) in [6.45, 7) is 1.26. The zero-order valence-corrected chi connectivity index (χ0v) is 17.8. The number of methoxy groups -OCH3 is 1. The van der Waals surface area contributed by atoms with Crippen molar-refractivity contribution in [3.63, 3.8) is 0 Å². The predicted octanol–water partition coefficient (Wildman–Crippen LogP) is 5.24. The average Bonchev–Trinajstić information content (AvgIpc) is 2.64. The molecule has 6 nitrogen and oxygen atoms in total. The van der Waals surface area contributed by atoms with Crippen molar-refractivity contribution >= 4 is 62.8 Å². The highest BCUT2D eigenvalue weighted by Crippen LogP contribution is 2.35. The van der Waals surface area contributed by atoms with Gasteiger partial charge in [-0.2, -0.15) is 5.26 Å². The highest BCUT2D eigenvalue weighted by molar-refractivity contribution is 9.10. The Balaban J connectivity index is 2.38. The number of ether oxygens (including phenoxy) is 2. The van der Waals surface area contributed by atoms with Gasteiger partial charge in [-0.25, -0.2) is 0 Å². The van der Waals surface area contributed by atoms with Crippen molar-refractivity contribution in [1.29, 1.82) is 5.26 Å². The molecule has 0 aromatic heterocycles. The van der Waals surface area contributed by atoms with Crippen molar-refractivity contribution in [2.75, 3.05) is 12.4 Å². The SMILES string of the molecule is COc1cc(/C=C(/C#N)C(=O)Nc2cccc(Cl)c2Cl)c(Br)cc1OC(C)=O. The Morgan fingerprint density at radius 1 is 1.25 bits per heavy atom. The molecule has 0 radical (unpaired) electrons. The Labute approximate surface area is 179 Å². The van der Waals surface area contributed by atoms with Gasteiger partial charge in [-0.05, 0) is 35.9 Å². The van der Waals surface area contributed by atoms with Crippen LogP contribution in [0.1, 0.15) is 12.5 Å². The number of benzene rings is 2. The fourth-order valence-corrected chi connectivity index (χ4v) is 2.93. The molecule has 0 saturated carbocycles. The van der Waals surface area contributed by atoms with E-state index in [1.807, 2.05) is 6.07 Å². The minimum absolute atomic E-state index is 0.170. The molecule has 28 heavy (non-hydrogen) atoms. The first-order valence-electron chi connectivity index (χ1n) is 7.70. The molecule has 2 rings (SSSR count). The van der Waals surface area contributed by atoms with Gasteiger partial charge in [-0.3, -0.25) is 9.59 Å². The van der Waals surface area contributed by atoms with Crippen LogP contribution in [0.15, 0.2) is 40.4 Å². The van der Waals surface area contributed by atoms with Crippen LogP contribution >= 0.6 is 39.1 Å². The van der Waals surface area contributed by atoms with E-state index in [9.17, 15) is 14.9 Å². The summed E-state index contributed by atoms with van der Waals surface area (Å²) in [7, 11) is 1.41. The standard InChI is InChI=1S/C19H13BrCl2N2O4/c1-10(25)28-17-8-13(20)11(7-16(17)27-2)6-12(9-23)19(26)24-15-5-3-4-14(21)18(15)22/h3-8H,1-2H3,(H,24,26)/b12-6-. The third-order valence-electron chi connectivity index (χ3n) is 3.40. The predicted molar refractivity (Wildman–Crippen MR) is 111 cm³/mol. The number of carbonyl (C=O) groups is 2. The second kappa shape index (κ2) is 9.60. The maximum Gasteiger partial charge on any atom is 0.308 e. The minimum Gasteiger partial charge on any atom is -0.493 e. The van der Waals surface area contributed by atoms with Crippen molar-refractivity contribution < 1.29 is 19.1 Å². The monoisotopic (exact) mass is 482 g/mol. The van der Waals surface area contributed by atoms with Crippen LogP contribution in [0.4, 0.5) is 5.69 Å². The molecule has 0 aliphatic heterocycles. The first kappa shape index (κ1) is 21.8. The normalized spacial score (nSPS) is 10.8. The number of nitriles is 1. The number of hydrogen-bond donors (Lipinski definition) is 1. The topological polar surface area (TPSA) is 88.4 Å². The number of anilines is 1. The molecule has 0 aliphatic rings. The molecule has 0 heterocycles. The molecule has 0 atom stereocenters. The van der Waals surface area contributed by atoms with E-state index < -0.39 is 11.9 Å². The van der Waals surface area contributed by atoms with Crippen molar-refractivity contribution in [2.24, 2.45) is 0 Å². The van der Waals surface area contributed by atoms with Gasteiger partial charge in [0, 0.05) is 11.4 Å². The summed E-state index contributed by atoms with van der Waals surface area (Å²) in [5, 5.41) is 12.4. The lowest BCUT2D eigenvalue weighted by Gasteiger charge is -2.11. The Hall–Kier alpha value is -2.53. The Bertz CT molecular complexity index is 1020. The molecule has 144 valence electrons. The average molecular weight is 484 g/mol. The lowest BCUT2D eigenvalue weighted by molar-refractivity contribution is -0.132. The quantitative estimate of drug-likeness (QED) is 0.272. The van der Waals surface area contributed by atoms with Gasteiger partial charge >= 0.3 is 5.97 Å². The molecule has 2 aromatic rings. The van der Waals surface area contributed by atoms with E-state index in [1.54, 1.807) is 18.2 Å². The fraction of sp³-hybridized carbons (Fsp3) is 0.105. The summed E-state index contributed by atoms with van der Waals surface area (Å²) in [6.07, 6.45) is 1.36. The van der Waals surface area contributed by atoms with Crippen LogP contribution in [0.3, 0.4) is 0 Å². The van der Waals surface area contributed by atoms with E-state index in [4.69, 9.17) is 32.7 Å². The lowest BCUT2D eigenvalue weighted by Crippen LogP contribution is -2.13. The highest BCUT2D eigenvalue weighted by Gasteiger charge is 2.16. The number of carbonyl (C=O) groups excluding carboxylic acids is 2. The summed E-state index contributed by atoms with van der Waals surface area (Å²) in [5.41, 5.74) is 0.567. The van der Waals surface area contributed by atoms with Crippen molar-refractivity contribution in [3.05, 3.63) is 56.0 Å². The second-order valence-corrected chi connectivity index (χ2v) is 6.98. The number of nitrogens with zero attached hydrogens (tertiary/aromatic N) is 1. The zero-order chi connectivity index (χ0) is 20.8. The van der Waals surface area contributed by atoms with Crippen LogP contribution in [-0.4, -0.2) is 19.0 Å². The molecule has 0 fully saturated rings. The number of hydrogen-bond acceptors (Lipinski definition) is 5. The van der Waals surface area contributed by atoms with E-state index in [2.05, 4.69) is 21.2 Å². The Morgan fingerprint density at radius 2 is 1.96 bits per heavy atom. The molecular formula is C19H13BrCl2N2O4. The fourth-order valence-electron chi connectivity index (χ4n) is 2.15. The summed E-state index contributed by atoms with van der Waals surface area (Å²) >= 11 is 15.3. The maximum absolute atomic E-state index is 12.5. The van der Waals surface area contributed by atoms with Crippen LogP contribution < -0.4 is 14.8 Å². The summed E-state index contributed by atoms with van der Waals surface area (Å²) in [4.78, 5) is 23.7. The second-order valence-electron chi connectivity index (χ2n) is 5.34. The number of rotatable bonds is 5. The van der Waals surface area contributed by atoms with Crippen LogP contribution in [0.25, 0.3) is 6.08 Å². The van der Waals surface area contributed by atoms with Gasteiger partial charge in [0.15, 0.2) is 11.5 Å². The lowest BCUT2D eigenvalue weighted by atomic mass is 10.1. The van der Waals surface area contributed by atoms with Crippen molar-refractivity contribution in [1.82, 2.24) is 0 Å². The molecule has 1 amide bonds. The first-order chi connectivity index (χ1) is 13.3.